The van der Waals surface area contributed by atoms with Crippen LogP contribution in [0, 0.1) is 17.3 Å². The molecule has 21 heavy (non-hydrogen) atoms. The Morgan fingerprint density at radius 1 is 1.05 bits per heavy atom. The highest BCUT2D eigenvalue weighted by molar-refractivity contribution is 4.88. The van der Waals surface area contributed by atoms with E-state index in [-0.39, 0.29) is 0 Å². The van der Waals surface area contributed by atoms with Crippen LogP contribution in [0.1, 0.15) is 53.9 Å². The normalized spacial score (nSPS) is 20.4. The summed E-state index contributed by atoms with van der Waals surface area (Å²) in [6.07, 6.45) is 3.66. The van der Waals surface area contributed by atoms with Crippen molar-refractivity contribution in [2.24, 2.45) is 17.3 Å². The fourth-order valence-corrected chi connectivity index (χ4v) is 3.37. The number of ether oxygens (including phenoxy) is 1. The van der Waals surface area contributed by atoms with Gasteiger partial charge in [0.25, 0.3) is 0 Å². The monoisotopic (exact) mass is 298 g/mol. The minimum absolute atomic E-state index is 0.396. The summed E-state index contributed by atoms with van der Waals surface area (Å²) in [6.45, 7) is 16.9. The quantitative estimate of drug-likeness (QED) is 0.706. The molecule has 1 saturated heterocycles. The zero-order chi connectivity index (χ0) is 15.9. The minimum atomic E-state index is 0.396. The molecule has 1 rings (SSSR count). The van der Waals surface area contributed by atoms with Crippen LogP contribution in [0.3, 0.4) is 0 Å². The number of nitrogens with one attached hydrogen (secondary N) is 1. The fourth-order valence-electron chi connectivity index (χ4n) is 3.37. The lowest BCUT2D eigenvalue weighted by Crippen LogP contribution is -2.49. The van der Waals surface area contributed by atoms with Gasteiger partial charge in [-0.1, -0.05) is 27.7 Å². The lowest BCUT2D eigenvalue weighted by molar-refractivity contribution is -0.00702. The Morgan fingerprint density at radius 2 is 1.67 bits per heavy atom. The third-order valence-electron chi connectivity index (χ3n) is 4.76. The van der Waals surface area contributed by atoms with E-state index in [9.17, 15) is 0 Å². The summed E-state index contributed by atoms with van der Waals surface area (Å²) in [4.78, 5) is 2.57. The second-order valence-corrected chi connectivity index (χ2v) is 8.03. The SMILES string of the molecule is CC(C)CNCC1(CN(C)C(C)CC(C)C)CCOCC1. The van der Waals surface area contributed by atoms with Crippen LogP contribution >= 0.6 is 0 Å². The van der Waals surface area contributed by atoms with Gasteiger partial charge in [-0.2, -0.15) is 0 Å². The van der Waals surface area contributed by atoms with E-state index in [1.165, 1.54) is 25.8 Å². The average Bonchev–Trinajstić information content (AvgIpc) is 2.38. The smallest absolute Gasteiger partial charge is 0.0472 e. The molecule has 126 valence electrons. The third kappa shape index (κ3) is 7.12. The lowest BCUT2D eigenvalue weighted by Gasteiger charge is -2.42. The molecule has 0 aliphatic carbocycles. The summed E-state index contributed by atoms with van der Waals surface area (Å²) in [7, 11) is 2.30. The Hall–Kier alpha value is -0.120. The number of hydrogen-bond donors (Lipinski definition) is 1. The van der Waals surface area contributed by atoms with Crippen molar-refractivity contribution in [3.63, 3.8) is 0 Å². The van der Waals surface area contributed by atoms with Gasteiger partial charge in [-0.05, 0) is 57.0 Å². The van der Waals surface area contributed by atoms with Crippen LogP contribution in [0.4, 0.5) is 0 Å². The van der Waals surface area contributed by atoms with Crippen LogP contribution in [0.15, 0.2) is 0 Å². The zero-order valence-electron chi connectivity index (χ0n) is 15.2. The molecule has 0 saturated carbocycles. The average molecular weight is 299 g/mol. The van der Waals surface area contributed by atoms with Gasteiger partial charge in [-0.3, -0.25) is 0 Å². The zero-order valence-corrected chi connectivity index (χ0v) is 15.2. The maximum absolute atomic E-state index is 5.61. The van der Waals surface area contributed by atoms with Gasteiger partial charge in [-0.25, -0.2) is 0 Å². The van der Waals surface area contributed by atoms with Crippen LogP contribution < -0.4 is 5.32 Å². The molecule has 0 aromatic heterocycles. The molecule has 0 bridgehead atoms. The summed E-state index contributed by atoms with van der Waals surface area (Å²) in [5.74, 6) is 1.49. The molecular formula is C18H38N2O. The molecule has 3 nitrogen and oxygen atoms in total. The van der Waals surface area contributed by atoms with E-state index in [0.717, 1.165) is 38.1 Å². The maximum atomic E-state index is 5.61. The summed E-state index contributed by atoms with van der Waals surface area (Å²) in [5, 5.41) is 3.70. The second-order valence-electron chi connectivity index (χ2n) is 8.03. The Kier molecular flexibility index (Phi) is 8.22. The van der Waals surface area contributed by atoms with Crippen molar-refractivity contribution < 1.29 is 4.74 Å². The lowest BCUT2D eigenvalue weighted by atomic mass is 9.79. The van der Waals surface area contributed by atoms with Crippen LogP contribution in [-0.4, -0.2) is 50.8 Å². The second kappa shape index (κ2) is 9.12. The van der Waals surface area contributed by atoms with Crippen LogP contribution in [-0.2, 0) is 4.74 Å². The van der Waals surface area contributed by atoms with Crippen LogP contribution in [0.2, 0.25) is 0 Å². The van der Waals surface area contributed by atoms with Crippen molar-refractivity contribution in [1.29, 1.82) is 0 Å². The summed E-state index contributed by atoms with van der Waals surface area (Å²) in [5.41, 5.74) is 0.396. The summed E-state index contributed by atoms with van der Waals surface area (Å²) in [6, 6.07) is 0.662. The highest BCUT2D eigenvalue weighted by Gasteiger charge is 2.34. The van der Waals surface area contributed by atoms with Gasteiger partial charge in [0.1, 0.15) is 0 Å². The summed E-state index contributed by atoms with van der Waals surface area (Å²) >= 11 is 0. The molecule has 0 amide bonds. The van der Waals surface area contributed by atoms with E-state index in [0.29, 0.717) is 11.5 Å². The summed E-state index contributed by atoms with van der Waals surface area (Å²) < 4.78 is 5.61. The Bertz CT molecular complexity index is 272. The number of hydrogen-bond acceptors (Lipinski definition) is 3. The van der Waals surface area contributed by atoms with Crippen LogP contribution in [0.5, 0.6) is 0 Å². The van der Waals surface area contributed by atoms with Crippen molar-refractivity contribution >= 4 is 0 Å². The number of rotatable bonds is 9. The van der Waals surface area contributed by atoms with Crippen molar-refractivity contribution in [1.82, 2.24) is 10.2 Å². The topological polar surface area (TPSA) is 24.5 Å². The van der Waals surface area contributed by atoms with Crippen molar-refractivity contribution in [3.8, 4) is 0 Å². The molecule has 1 aliphatic heterocycles. The van der Waals surface area contributed by atoms with Crippen molar-refractivity contribution in [2.75, 3.05) is 39.9 Å². The molecule has 1 unspecified atom stereocenters. The fraction of sp³-hybridized carbons (Fsp3) is 1.00. The van der Waals surface area contributed by atoms with E-state index in [2.05, 4.69) is 51.9 Å². The highest BCUT2D eigenvalue weighted by atomic mass is 16.5. The Labute approximate surface area is 132 Å². The first-order valence-electron chi connectivity index (χ1n) is 8.83. The van der Waals surface area contributed by atoms with E-state index in [4.69, 9.17) is 4.74 Å². The molecule has 1 fully saturated rings. The minimum Gasteiger partial charge on any atom is -0.381 e. The van der Waals surface area contributed by atoms with E-state index in [1.54, 1.807) is 0 Å². The van der Waals surface area contributed by atoms with Gasteiger partial charge < -0.3 is 15.0 Å². The molecule has 1 N–H and O–H groups in total. The first-order chi connectivity index (χ1) is 9.84. The molecule has 0 aromatic rings. The first-order valence-corrected chi connectivity index (χ1v) is 8.83. The number of nitrogens with zero attached hydrogens (tertiary/aromatic N) is 1. The van der Waals surface area contributed by atoms with E-state index < -0.39 is 0 Å². The standard InChI is InChI=1S/C18H38N2O/c1-15(2)11-17(5)20(6)14-18(7-9-21-10-8-18)13-19-12-16(3)4/h15-17,19H,7-14H2,1-6H3. The molecule has 0 spiro atoms. The van der Waals surface area contributed by atoms with E-state index in [1.807, 2.05) is 0 Å². The van der Waals surface area contributed by atoms with Crippen LogP contribution in [0.25, 0.3) is 0 Å². The molecular weight excluding hydrogens is 260 g/mol. The van der Waals surface area contributed by atoms with Gasteiger partial charge in [0, 0.05) is 32.3 Å². The van der Waals surface area contributed by atoms with E-state index >= 15 is 0 Å². The molecule has 1 atom stereocenters. The Morgan fingerprint density at radius 3 is 2.19 bits per heavy atom. The third-order valence-corrected chi connectivity index (χ3v) is 4.76. The predicted octanol–water partition coefficient (Wildman–Crippen LogP) is 3.40. The maximum Gasteiger partial charge on any atom is 0.0472 e. The van der Waals surface area contributed by atoms with Gasteiger partial charge >= 0.3 is 0 Å². The largest absolute Gasteiger partial charge is 0.381 e. The van der Waals surface area contributed by atoms with Gasteiger partial charge in [-0.15, -0.1) is 0 Å². The predicted molar refractivity (Wildman–Crippen MR) is 91.7 cm³/mol. The van der Waals surface area contributed by atoms with Crippen molar-refractivity contribution in [3.05, 3.63) is 0 Å². The molecule has 0 aromatic carbocycles. The highest BCUT2D eigenvalue weighted by Crippen LogP contribution is 2.31. The first kappa shape index (κ1) is 18.9. The van der Waals surface area contributed by atoms with Gasteiger partial charge in [0.2, 0.25) is 0 Å². The molecule has 1 heterocycles. The molecule has 3 heteroatoms. The Balaban J connectivity index is 2.55. The van der Waals surface area contributed by atoms with Crippen molar-refractivity contribution in [2.45, 2.75) is 59.9 Å². The van der Waals surface area contributed by atoms with Gasteiger partial charge in [0.15, 0.2) is 0 Å². The molecule has 0 radical (unpaired) electrons. The molecule has 1 aliphatic rings. The van der Waals surface area contributed by atoms with Gasteiger partial charge in [0.05, 0.1) is 0 Å².